The maximum absolute atomic E-state index is 12.5. The fourth-order valence-corrected chi connectivity index (χ4v) is 3.34. The molecule has 1 aliphatic rings. The van der Waals surface area contributed by atoms with Crippen LogP contribution in [0.25, 0.3) is 0 Å². The van der Waals surface area contributed by atoms with Crippen LogP contribution in [0.2, 0.25) is 0 Å². The SMILES string of the molecule is COCc1cc(N[C@H](C)C2CCN(CC(F)(F)F)CC2)nc(C(C)(C)C)n1. The van der Waals surface area contributed by atoms with E-state index in [-0.39, 0.29) is 11.5 Å². The molecule has 0 aromatic carbocycles. The summed E-state index contributed by atoms with van der Waals surface area (Å²) in [6, 6.07) is 2.00. The number of piperidine rings is 1. The van der Waals surface area contributed by atoms with Crippen LogP contribution in [0, 0.1) is 5.92 Å². The van der Waals surface area contributed by atoms with Crippen LogP contribution in [0.1, 0.15) is 52.1 Å². The maximum Gasteiger partial charge on any atom is 0.401 e. The molecule has 1 aromatic heterocycles. The van der Waals surface area contributed by atoms with Gasteiger partial charge in [0.25, 0.3) is 0 Å². The number of aromatic nitrogens is 2. The van der Waals surface area contributed by atoms with Gasteiger partial charge in [0.1, 0.15) is 11.6 Å². The summed E-state index contributed by atoms with van der Waals surface area (Å²) in [4.78, 5) is 10.7. The smallest absolute Gasteiger partial charge is 0.378 e. The zero-order valence-electron chi connectivity index (χ0n) is 16.9. The molecule has 1 saturated heterocycles. The van der Waals surface area contributed by atoms with Crippen LogP contribution in [0.3, 0.4) is 0 Å². The van der Waals surface area contributed by atoms with Crippen molar-refractivity contribution in [3.63, 3.8) is 0 Å². The molecule has 0 bridgehead atoms. The summed E-state index contributed by atoms with van der Waals surface area (Å²) < 4.78 is 42.8. The highest BCUT2D eigenvalue weighted by atomic mass is 19.4. The average molecular weight is 388 g/mol. The van der Waals surface area contributed by atoms with Crippen LogP contribution in [-0.2, 0) is 16.8 Å². The molecule has 0 radical (unpaired) electrons. The van der Waals surface area contributed by atoms with Crippen molar-refractivity contribution in [1.29, 1.82) is 0 Å². The fraction of sp³-hybridized carbons (Fsp3) is 0.789. The number of anilines is 1. The highest BCUT2D eigenvalue weighted by Crippen LogP contribution is 2.27. The molecule has 0 amide bonds. The van der Waals surface area contributed by atoms with Crippen molar-refractivity contribution < 1.29 is 17.9 Å². The Bertz CT molecular complexity index is 608. The molecule has 8 heteroatoms. The lowest BCUT2D eigenvalue weighted by molar-refractivity contribution is -0.148. The first-order valence-corrected chi connectivity index (χ1v) is 9.41. The summed E-state index contributed by atoms with van der Waals surface area (Å²) in [5.74, 6) is 1.80. The van der Waals surface area contributed by atoms with E-state index < -0.39 is 12.7 Å². The van der Waals surface area contributed by atoms with Crippen LogP contribution in [0.5, 0.6) is 0 Å². The molecule has 1 N–H and O–H groups in total. The molecule has 0 unspecified atom stereocenters. The number of halogens is 3. The maximum atomic E-state index is 12.5. The van der Waals surface area contributed by atoms with E-state index in [2.05, 4.69) is 43.0 Å². The number of rotatable bonds is 6. The minimum Gasteiger partial charge on any atom is -0.378 e. The van der Waals surface area contributed by atoms with Gasteiger partial charge in [0.2, 0.25) is 0 Å². The second kappa shape index (κ2) is 8.73. The monoisotopic (exact) mass is 388 g/mol. The molecule has 27 heavy (non-hydrogen) atoms. The zero-order chi connectivity index (χ0) is 20.2. The van der Waals surface area contributed by atoms with E-state index >= 15 is 0 Å². The Morgan fingerprint density at radius 1 is 1.22 bits per heavy atom. The highest BCUT2D eigenvalue weighted by molar-refractivity contribution is 5.38. The summed E-state index contributed by atoms with van der Waals surface area (Å²) in [5.41, 5.74) is 0.624. The summed E-state index contributed by atoms with van der Waals surface area (Å²) in [6.07, 6.45) is -2.64. The summed E-state index contributed by atoms with van der Waals surface area (Å²) in [7, 11) is 1.63. The number of ether oxygens (including phenoxy) is 1. The van der Waals surface area contributed by atoms with Gasteiger partial charge in [-0.25, -0.2) is 9.97 Å². The molecule has 1 aliphatic heterocycles. The topological polar surface area (TPSA) is 50.3 Å². The number of methoxy groups -OCH3 is 1. The molecule has 0 aliphatic carbocycles. The third-order valence-corrected chi connectivity index (χ3v) is 4.86. The minimum atomic E-state index is -4.13. The molecule has 154 valence electrons. The summed E-state index contributed by atoms with van der Waals surface area (Å²) >= 11 is 0. The van der Waals surface area contributed by atoms with Gasteiger partial charge < -0.3 is 10.1 Å². The molecule has 2 heterocycles. The van der Waals surface area contributed by atoms with Crippen molar-refractivity contribution in [3.8, 4) is 0 Å². The molecular formula is C19H31F3N4O. The van der Waals surface area contributed by atoms with Gasteiger partial charge in [0, 0.05) is 24.6 Å². The van der Waals surface area contributed by atoms with E-state index in [0.29, 0.717) is 25.6 Å². The van der Waals surface area contributed by atoms with Crippen LogP contribution < -0.4 is 5.32 Å². The summed E-state index contributed by atoms with van der Waals surface area (Å²) in [6.45, 7) is 8.78. The average Bonchev–Trinajstić information content (AvgIpc) is 2.53. The van der Waals surface area contributed by atoms with E-state index in [4.69, 9.17) is 4.74 Å². The molecule has 1 fully saturated rings. The Morgan fingerprint density at radius 3 is 2.37 bits per heavy atom. The van der Waals surface area contributed by atoms with Crippen molar-refractivity contribution in [2.75, 3.05) is 32.1 Å². The Morgan fingerprint density at radius 2 is 1.85 bits per heavy atom. The number of nitrogens with one attached hydrogen (secondary N) is 1. The van der Waals surface area contributed by atoms with Gasteiger partial charge in [0.05, 0.1) is 18.8 Å². The van der Waals surface area contributed by atoms with Crippen molar-refractivity contribution in [1.82, 2.24) is 14.9 Å². The molecule has 0 spiro atoms. The second-order valence-corrected chi connectivity index (χ2v) is 8.41. The quantitative estimate of drug-likeness (QED) is 0.798. The van der Waals surface area contributed by atoms with E-state index in [1.807, 2.05) is 6.07 Å². The third-order valence-electron chi connectivity index (χ3n) is 4.86. The minimum absolute atomic E-state index is 0.121. The molecule has 5 nitrogen and oxygen atoms in total. The lowest BCUT2D eigenvalue weighted by atomic mass is 9.90. The molecule has 0 saturated carbocycles. The summed E-state index contributed by atoms with van der Waals surface area (Å²) in [5, 5.41) is 3.44. The number of nitrogens with zero attached hydrogens (tertiary/aromatic N) is 3. The van der Waals surface area contributed by atoms with E-state index in [0.717, 1.165) is 30.2 Å². The van der Waals surface area contributed by atoms with E-state index in [1.165, 1.54) is 4.90 Å². The number of alkyl halides is 3. The lowest BCUT2D eigenvalue weighted by Crippen LogP contribution is -2.43. The number of hydrogen-bond donors (Lipinski definition) is 1. The molecule has 1 atom stereocenters. The number of likely N-dealkylation sites (tertiary alicyclic amines) is 1. The van der Waals surface area contributed by atoms with Crippen molar-refractivity contribution in [2.45, 2.75) is 64.8 Å². The van der Waals surface area contributed by atoms with Gasteiger partial charge in [0.15, 0.2) is 0 Å². The first-order chi connectivity index (χ1) is 12.5. The van der Waals surface area contributed by atoms with Crippen LogP contribution in [-0.4, -0.2) is 53.8 Å². The largest absolute Gasteiger partial charge is 0.401 e. The third kappa shape index (κ3) is 6.92. The van der Waals surface area contributed by atoms with Crippen molar-refractivity contribution >= 4 is 5.82 Å². The van der Waals surface area contributed by atoms with Gasteiger partial charge in [-0.15, -0.1) is 0 Å². The standard InChI is InChI=1S/C19H31F3N4O/c1-13(14-6-8-26(9-7-14)12-19(20,21)22)23-16-10-15(11-27-5)24-17(25-16)18(2,3)4/h10,13-14H,6-9,11-12H2,1-5H3,(H,23,24,25)/t13-/m1/s1. The van der Waals surface area contributed by atoms with Gasteiger partial charge in [-0.2, -0.15) is 13.2 Å². The normalized spacial score (nSPS) is 18.5. The Hall–Kier alpha value is -1.41. The van der Waals surface area contributed by atoms with Gasteiger partial charge in [-0.1, -0.05) is 20.8 Å². The Labute approximate surface area is 159 Å². The van der Waals surface area contributed by atoms with Crippen LogP contribution >= 0.6 is 0 Å². The van der Waals surface area contributed by atoms with Crippen LogP contribution in [0.4, 0.5) is 19.0 Å². The van der Waals surface area contributed by atoms with Gasteiger partial charge in [-0.3, -0.25) is 4.90 Å². The molecule has 2 rings (SSSR count). The zero-order valence-corrected chi connectivity index (χ0v) is 16.9. The van der Waals surface area contributed by atoms with E-state index in [9.17, 15) is 13.2 Å². The predicted octanol–water partition coefficient (Wildman–Crippen LogP) is 4.00. The highest BCUT2D eigenvalue weighted by Gasteiger charge is 2.33. The van der Waals surface area contributed by atoms with E-state index in [1.54, 1.807) is 7.11 Å². The molecule has 1 aromatic rings. The first kappa shape index (κ1) is 21.9. The second-order valence-electron chi connectivity index (χ2n) is 8.41. The van der Waals surface area contributed by atoms with Gasteiger partial charge in [-0.05, 0) is 38.8 Å². The van der Waals surface area contributed by atoms with Crippen LogP contribution in [0.15, 0.2) is 6.07 Å². The predicted molar refractivity (Wildman–Crippen MR) is 99.7 cm³/mol. The lowest BCUT2D eigenvalue weighted by Gasteiger charge is -2.35. The number of hydrogen-bond acceptors (Lipinski definition) is 5. The van der Waals surface area contributed by atoms with Gasteiger partial charge >= 0.3 is 6.18 Å². The Balaban J connectivity index is 2.01. The molecular weight excluding hydrogens is 357 g/mol. The van der Waals surface area contributed by atoms with Crippen molar-refractivity contribution in [2.24, 2.45) is 5.92 Å². The van der Waals surface area contributed by atoms with Crippen molar-refractivity contribution in [3.05, 3.63) is 17.6 Å². The Kier molecular flexibility index (Phi) is 7.08. The fourth-order valence-electron chi connectivity index (χ4n) is 3.34. The first-order valence-electron chi connectivity index (χ1n) is 9.41.